The average molecular weight is 406 g/mol. The lowest BCUT2D eigenvalue weighted by Crippen LogP contribution is -2.37. The zero-order valence-electron chi connectivity index (χ0n) is 15.0. The number of hydrogen-bond acceptors (Lipinski definition) is 5. The molecule has 0 heterocycles. The Morgan fingerprint density at radius 3 is 2.42 bits per heavy atom. The topological polar surface area (TPSA) is 111 Å². The van der Waals surface area contributed by atoms with Gasteiger partial charge in [-0.15, -0.1) is 12.4 Å². The number of nitrogens with one attached hydrogen (secondary N) is 2. The highest BCUT2D eigenvalue weighted by atomic mass is 35.5. The lowest BCUT2D eigenvalue weighted by molar-refractivity contribution is 0.0950. The number of amides is 1. The highest BCUT2D eigenvalue weighted by molar-refractivity contribution is 7.89. The molecular formula is C17H28ClN3O4S. The molecule has 1 aromatic carbocycles. The number of primary sulfonamides is 1. The van der Waals surface area contributed by atoms with Crippen LogP contribution < -0.4 is 20.5 Å². The van der Waals surface area contributed by atoms with Crippen LogP contribution in [0.4, 0.5) is 0 Å². The summed E-state index contributed by atoms with van der Waals surface area (Å²) in [4.78, 5) is 12.2. The smallest absolute Gasteiger partial charge is 0.255 e. The van der Waals surface area contributed by atoms with E-state index in [0.717, 1.165) is 0 Å². The molecule has 0 aliphatic heterocycles. The van der Waals surface area contributed by atoms with Crippen LogP contribution in [0.2, 0.25) is 0 Å². The zero-order chi connectivity index (χ0) is 18.3. The summed E-state index contributed by atoms with van der Waals surface area (Å²) < 4.78 is 28.1. The van der Waals surface area contributed by atoms with Crippen LogP contribution in [0.5, 0.6) is 5.75 Å². The molecule has 0 unspecified atom stereocenters. The number of carbonyl (C=O) groups excluding carboxylic acids is 1. The van der Waals surface area contributed by atoms with Gasteiger partial charge in [-0.3, -0.25) is 4.79 Å². The maximum Gasteiger partial charge on any atom is 0.255 e. The first-order chi connectivity index (χ1) is 11.9. The summed E-state index contributed by atoms with van der Waals surface area (Å²) in [7, 11) is -2.45. The molecule has 0 spiro atoms. The summed E-state index contributed by atoms with van der Waals surface area (Å²) in [5.74, 6) is -0.0772. The van der Waals surface area contributed by atoms with Crippen molar-refractivity contribution in [3.8, 4) is 5.75 Å². The molecule has 1 amide bonds. The van der Waals surface area contributed by atoms with Crippen LogP contribution in [-0.4, -0.2) is 40.6 Å². The Morgan fingerprint density at radius 1 is 1.19 bits per heavy atom. The first-order valence-electron chi connectivity index (χ1n) is 8.64. The van der Waals surface area contributed by atoms with Gasteiger partial charge in [0.1, 0.15) is 5.75 Å². The van der Waals surface area contributed by atoms with E-state index in [1.807, 2.05) is 0 Å². The Labute approximate surface area is 161 Å². The van der Waals surface area contributed by atoms with E-state index < -0.39 is 10.0 Å². The van der Waals surface area contributed by atoms with Gasteiger partial charge in [0.05, 0.1) is 17.6 Å². The summed E-state index contributed by atoms with van der Waals surface area (Å²) >= 11 is 0. The quantitative estimate of drug-likeness (QED) is 0.473. The van der Waals surface area contributed by atoms with Crippen LogP contribution in [0.15, 0.2) is 23.1 Å². The molecular weight excluding hydrogens is 378 g/mol. The molecule has 1 saturated carbocycles. The van der Waals surface area contributed by atoms with Gasteiger partial charge < -0.3 is 15.4 Å². The van der Waals surface area contributed by atoms with Gasteiger partial charge in [0.15, 0.2) is 0 Å². The van der Waals surface area contributed by atoms with E-state index in [-0.39, 0.29) is 28.8 Å². The Kier molecular flexibility index (Phi) is 9.35. The normalized spacial score (nSPS) is 15.6. The van der Waals surface area contributed by atoms with Crippen molar-refractivity contribution in [1.29, 1.82) is 0 Å². The fourth-order valence-electron chi connectivity index (χ4n) is 3.07. The second-order valence-electron chi connectivity index (χ2n) is 6.31. The van der Waals surface area contributed by atoms with E-state index in [0.29, 0.717) is 24.9 Å². The third-order valence-electron chi connectivity index (χ3n) is 4.44. The number of hydrogen-bond donors (Lipinski definition) is 3. The fourth-order valence-corrected chi connectivity index (χ4v) is 3.61. The standard InChI is InChI=1S/C17H27N3O4S.ClH/c1-24-16-9-8-14(25(18,22)23)12-15(16)17(21)20-11-10-19-13-6-4-2-3-5-7-13;/h8-9,12-13,19H,2-7,10-11H2,1H3,(H,20,21)(H2,18,22,23);1H. The van der Waals surface area contributed by atoms with Gasteiger partial charge in [0.2, 0.25) is 10.0 Å². The van der Waals surface area contributed by atoms with E-state index in [9.17, 15) is 13.2 Å². The third kappa shape index (κ3) is 6.75. The number of carbonyl (C=O) groups is 1. The molecule has 1 aliphatic carbocycles. The van der Waals surface area contributed by atoms with Crippen molar-refractivity contribution in [3.05, 3.63) is 23.8 Å². The summed E-state index contributed by atoms with van der Waals surface area (Å²) in [5, 5.41) is 11.4. The predicted octanol–water partition coefficient (Wildman–Crippen LogP) is 1.81. The Bertz CT molecular complexity index is 689. The maximum absolute atomic E-state index is 12.4. The molecule has 0 saturated heterocycles. The fraction of sp³-hybridized carbons (Fsp3) is 0.588. The largest absolute Gasteiger partial charge is 0.496 e. The number of sulfonamides is 1. The molecule has 1 aromatic rings. The molecule has 26 heavy (non-hydrogen) atoms. The van der Waals surface area contributed by atoms with Gasteiger partial charge in [-0.2, -0.15) is 0 Å². The van der Waals surface area contributed by atoms with Crippen molar-refractivity contribution in [1.82, 2.24) is 10.6 Å². The Morgan fingerprint density at radius 2 is 1.85 bits per heavy atom. The Hall–Kier alpha value is -1.35. The third-order valence-corrected chi connectivity index (χ3v) is 5.35. The molecule has 0 aromatic heterocycles. The molecule has 0 atom stereocenters. The monoisotopic (exact) mass is 405 g/mol. The highest BCUT2D eigenvalue weighted by Gasteiger charge is 2.17. The lowest BCUT2D eigenvalue weighted by Gasteiger charge is -2.16. The summed E-state index contributed by atoms with van der Waals surface area (Å²) in [6.45, 7) is 1.13. The van der Waals surface area contributed by atoms with Crippen LogP contribution in [0.3, 0.4) is 0 Å². The molecule has 2 rings (SSSR count). The van der Waals surface area contributed by atoms with Gasteiger partial charge in [-0.05, 0) is 31.0 Å². The summed E-state index contributed by atoms with van der Waals surface area (Å²) in [5.41, 5.74) is 0.156. The first-order valence-corrected chi connectivity index (χ1v) is 10.2. The zero-order valence-corrected chi connectivity index (χ0v) is 16.6. The van der Waals surface area contributed by atoms with Crippen molar-refractivity contribution < 1.29 is 17.9 Å². The first kappa shape index (κ1) is 22.7. The Balaban J connectivity index is 0.00000338. The van der Waals surface area contributed by atoms with E-state index in [2.05, 4.69) is 10.6 Å². The molecule has 0 radical (unpaired) electrons. The summed E-state index contributed by atoms with van der Waals surface area (Å²) in [6, 6.07) is 4.50. The highest BCUT2D eigenvalue weighted by Crippen LogP contribution is 2.22. The van der Waals surface area contributed by atoms with Gasteiger partial charge in [0, 0.05) is 19.1 Å². The van der Waals surface area contributed by atoms with Gasteiger partial charge in [0.25, 0.3) is 5.91 Å². The van der Waals surface area contributed by atoms with Crippen LogP contribution in [0.1, 0.15) is 48.9 Å². The minimum absolute atomic E-state index is 0. The van der Waals surface area contributed by atoms with Gasteiger partial charge in [-0.25, -0.2) is 13.6 Å². The van der Waals surface area contributed by atoms with Crippen molar-refractivity contribution in [2.75, 3.05) is 20.2 Å². The molecule has 148 valence electrons. The number of rotatable bonds is 7. The molecule has 1 fully saturated rings. The van der Waals surface area contributed by atoms with Crippen molar-refractivity contribution in [2.24, 2.45) is 5.14 Å². The number of methoxy groups -OCH3 is 1. The number of nitrogens with two attached hydrogens (primary N) is 1. The van der Waals surface area contributed by atoms with E-state index in [1.54, 1.807) is 0 Å². The van der Waals surface area contributed by atoms with E-state index in [1.165, 1.54) is 63.8 Å². The van der Waals surface area contributed by atoms with Crippen LogP contribution >= 0.6 is 12.4 Å². The van der Waals surface area contributed by atoms with Crippen molar-refractivity contribution in [3.63, 3.8) is 0 Å². The van der Waals surface area contributed by atoms with Gasteiger partial charge >= 0.3 is 0 Å². The van der Waals surface area contributed by atoms with Crippen molar-refractivity contribution in [2.45, 2.75) is 49.5 Å². The second-order valence-corrected chi connectivity index (χ2v) is 7.87. The van der Waals surface area contributed by atoms with E-state index >= 15 is 0 Å². The minimum Gasteiger partial charge on any atom is -0.496 e. The average Bonchev–Trinajstić information content (AvgIpc) is 2.86. The molecule has 9 heteroatoms. The van der Waals surface area contributed by atoms with Crippen LogP contribution in [0, 0.1) is 0 Å². The van der Waals surface area contributed by atoms with Gasteiger partial charge in [-0.1, -0.05) is 25.7 Å². The number of halogens is 1. The number of ether oxygens (including phenoxy) is 1. The van der Waals surface area contributed by atoms with E-state index in [4.69, 9.17) is 9.88 Å². The second kappa shape index (κ2) is 10.7. The van der Waals surface area contributed by atoms with Crippen LogP contribution in [-0.2, 0) is 10.0 Å². The minimum atomic E-state index is -3.87. The molecule has 7 nitrogen and oxygen atoms in total. The SMILES string of the molecule is COc1ccc(S(N)(=O)=O)cc1C(=O)NCCNC1CCCCCC1.Cl. The van der Waals surface area contributed by atoms with Crippen LogP contribution in [0.25, 0.3) is 0 Å². The molecule has 0 bridgehead atoms. The summed E-state index contributed by atoms with van der Waals surface area (Å²) in [6.07, 6.45) is 7.46. The van der Waals surface area contributed by atoms with Crippen molar-refractivity contribution >= 4 is 28.3 Å². The lowest BCUT2D eigenvalue weighted by atomic mass is 10.1. The maximum atomic E-state index is 12.4. The number of benzene rings is 1. The predicted molar refractivity (Wildman–Crippen MR) is 103 cm³/mol. The molecule has 4 N–H and O–H groups in total. The molecule has 1 aliphatic rings.